The first-order chi connectivity index (χ1) is 13.2. The minimum absolute atomic E-state index is 0.417. The summed E-state index contributed by atoms with van der Waals surface area (Å²) >= 11 is 0. The van der Waals surface area contributed by atoms with Crippen LogP contribution < -0.4 is 15.4 Å². The molecular weight excluding hydrogens is 344 g/mol. The maximum absolute atomic E-state index is 11.9. The smallest absolute Gasteiger partial charge is 0.339 e. The third kappa shape index (κ3) is 4.72. The lowest BCUT2D eigenvalue weighted by Gasteiger charge is -2.11. The second-order valence-electron chi connectivity index (χ2n) is 5.53. The summed E-state index contributed by atoms with van der Waals surface area (Å²) in [6, 6.07) is 16.4. The molecule has 7 nitrogen and oxygen atoms in total. The maximum atomic E-state index is 11.9. The van der Waals surface area contributed by atoms with Gasteiger partial charge in [-0.2, -0.15) is 0 Å². The SMILES string of the molecule is CCOc1ccc(Nc2cc(Nc3ccccc3C(=O)OC)ncn2)cc1. The lowest BCUT2D eigenvalue weighted by molar-refractivity contribution is 0.0602. The van der Waals surface area contributed by atoms with Gasteiger partial charge in [0.1, 0.15) is 23.7 Å². The first-order valence-electron chi connectivity index (χ1n) is 8.46. The van der Waals surface area contributed by atoms with Crippen LogP contribution in [0.5, 0.6) is 5.75 Å². The zero-order chi connectivity index (χ0) is 19.1. The van der Waals surface area contributed by atoms with Gasteiger partial charge in [0.05, 0.1) is 25.0 Å². The van der Waals surface area contributed by atoms with E-state index >= 15 is 0 Å². The van der Waals surface area contributed by atoms with E-state index < -0.39 is 5.97 Å². The van der Waals surface area contributed by atoms with Crippen molar-refractivity contribution >= 4 is 29.0 Å². The average molecular weight is 364 g/mol. The van der Waals surface area contributed by atoms with E-state index in [0.29, 0.717) is 29.5 Å². The second-order valence-corrected chi connectivity index (χ2v) is 5.53. The van der Waals surface area contributed by atoms with E-state index in [1.165, 1.54) is 13.4 Å². The van der Waals surface area contributed by atoms with E-state index in [1.807, 2.05) is 37.3 Å². The Labute approximate surface area is 157 Å². The Bertz CT molecular complexity index is 913. The van der Waals surface area contributed by atoms with Crippen molar-refractivity contribution in [3.8, 4) is 5.75 Å². The van der Waals surface area contributed by atoms with Crippen LogP contribution in [0.2, 0.25) is 0 Å². The number of ether oxygens (including phenoxy) is 2. The van der Waals surface area contributed by atoms with Gasteiger partial charge in [0.25, 0.3) is 0 Å². The van der Waals surface area contributed by atoms with Crippen molar-refractivity contribution in [2.45, 2.75) is 6.92 Å². The number of carbonyl (C=O) groups excluding carboxylic acids is 1. The molecule has 0 aliphatic rings. The fraction of sp³-hybridized carbons (Fsp3) is 0.150. The van der Waals surface area contributed by atoms with Crippen LogP contribution in [-0.2, 0) is 4.74 Å². The molecule has 3 aromatic rings. The van der Waals surface area contributed by atoms with Crippen LogP contribution >= 0.6 is 0 Å². The Morgan fingerprint density at radius 2 is 1.70 bits per heavy atom. The van der Waals surface area contributed by atoms with Gasteiger partial charge in [-0.1, -0.05) is 12.1 Å². The number of methoxy groups -OCH3 is 1. The molecule has 1 aromatic heterocycles. The molecule has 0 spiro atoms. The molecule has 0 aliphatic heterocycles. The van der Waals surface area contributed by atoms with Crippen LogP contribution in [-0.4, -0.2) is 29.7 Å². The normalized spacial score (nSPS) is 10.1. The van der Waals surface area contributed by atoms with E-state index in [1.54, 1.807) is 24.3 Å². The van der Waals surface area contributed by atoms with Crippen molar-refractivity contribution in [3.05, 3.63) is 66.5 Å². The third-order valence-corrected chi connectivity index (χ3v) is 3.70. The number of rotatable bonds is 7. The summed E-state index contributed by atoms with van der Waals surface area (Å²) < 4.78 is 10.2. The highest BCUT2D eigenvalue weighted by molar-refractivity contribution is 5.96. The van der Waals surface area contributed by atoms with Crippen LogP contribution in [0.3, 0.4) is 0 Å². The van der Waals surface area contributed by atoms with E-state index in [4.69, 9.17) is 9.47 Å². The number of anilines is 4. The number of nitrogens with one attached hydrogen (secondary N) is 2. The van der Waals surface area contributed by atoms with Gasteiger partial charge >= 0.3 is 5.97 Å². The molecule has 0 unspecified atom stereocenters. The number of hydrogen-bond acceptors (Lipinski definition) is 7. The minimum Gasteiger partial charge on any atom is -0.494 e. The maximum Gasteiger partial charge on any atom is 0.339 e. The first kappa shape index (κ1) is 18.2. The lowest BCUT2D eigenvalue weighted by Crippen LogP contribution is -2.06. The minimum atomic E-state index is -0.417. The monoisotopic (exact) mass is 364 g/mol. The Balaban J connectivity index is 1.75. The van der Waals surface area contributed by atoms with E-state index in [-0.39, 0.29) is 0 Å². The molecule has 3 rings (SSSR count). The summed E-state index contributed by atoms with van der Waals surface area (Å²) in [5.74, 6) is 1.56. The van der Waals surface area contributed by atoms with Crippen molar-refractivity contribution in [1.82, 2.24) is 9.97 Å². The summed E-state index contributed by atoms with van der Waals surface area (Å²) in [5, 5.41) is 6.34. The number of para-hydroxylation sites is 1. The van der Waals surface area contributed by atoms with Crippen molar-refractivity contribution in [2.75, 3.05) is 24.4 Å². The quantitative estimate of drug-likeness (QED) is 0.609. The predicted octanol–water partition coefficient (Wildman–Crippen LogP) is 4.15. The fourth-order valence-electron chi connectivity index (χ4n) is 2.46. The highest BCUT2D eigenvalue weighted by Crippen LogP contribution is 2.23. The Hall–Kier alpha value is -3.61. The topological polar surface area (TPSA) is 85.4 Å². The van der Waals surface area contributed by atoms with Crippen LogP contribution in [0.1, 0.15) is 17.3 Å². The molecule has 138 valence electrons. The van der Waals surface area contributed by atoms with E-state index in [0.717, 1.165) is 11.4 Å². The largest absolute Gasteiger partial charge is 0.494 e. The van der Waals surface area contributed by atoms with Crippen LogP contribution in [0.4, 0.5) is 23.0 Å². The summed E-state index contributed by atoms with van der Waals surface area (Å²) in [6.07, 6.45) is 1.44. The van der Waals surface area contributed by atoms with Gasteiger partial charge in [0, 0.05) is 11.8 Å². The molecule has 2 aromatic carbocycles. The summed E-state index contributed by atoms with van der Waals surface area (Å²) in [7, 11) is 1.35. The lowest BCUT2D eigenvalue weighted by atomic mass is 10.2. The molecule has 1 heterocycles. The number of aromatic nitrogens is 2. The van der Waals surface area contributed by atoms with Gasteiger partial charge in [0.2, 0.25) is 0 Å². The van der Waals surface area contributed by atoms with Crippen LogP contribution in [0.15, 0.2) is 60.9 Å². The molecule has 0 atom stereocenters. The van der Waals surface area contributed by atoms with Gasteiger partial charge in [-0.25, -0.2) is 14.8 Å². The van der Waals surface area contributed by atoms with E-state index in [9.17, 15) is 4.79 Å². The van der Waals surface area contributed by atoms with E-state index in [2.05, 4.69) is 20.6 Å². The summed E-state index contributed by atoms with van der Waals surface area (Å²) in [6.45, 7) is 2.57. The molecule has 7 heteroatoms. The molecule has 0 amide bonds. The molecule has 2 N–H and O–H groups in total. The third-order valence-electron chi connectivity index (χ3n) is 3.70. The highest BCUT2D eigenvalue weighted by Gasteiger charge is 2.11. The number of esters is 1. The molecule has 0 fully saturated rings. The van der Waals surface area contributed by atoms with Crippen LogP contribution in [0.25, 0.3) is 0 Å². The highest BCUT2D eigenvalue weighted by atomic mass is 16.5. The number of nitrogens with zero attached hydrogens (tertiary/aromatic N) is 2. The first-order valence-corrected chi connectivity index (χ1v) is 8.46. The number of carbonyl (C=O) groups is 1. The Morgan fingerprint density at radius 1 is 1.00 bits per heavy atom. The zero-order valence-corrected chi connectivity index (χ0v) is 15.1. The number of benzene rings is 2. The molecular formula is C20H20N4O3. The number of hydrogen-bond donors (Lipinski definition) is 2. The Kier molecular flexibility index (Phi) is 5.84. The predicted molar refractivity (Wildman–Crippen MR) is 104 cm³/mol. The van der Waals surface area contributed by atoms with Crippen molar-refractivity contribution in [3.63, 3.8) is 0 Å². The van der Waals surface area contributed by atoms with Gasteiger partial charge in [-0.3, -0.25) is 0 Å². The average Bonchev–Trinajstić information content (AvgIpc) is 2.70. The molecule has 0 radical (unpaired) electrons. The standard InChI is InChI=1S/C20H20N4O3/c1-3-27-15-10-8-14(9-11-15)23-18-12-19(22-13-21-18)24-17-7-5-4-6-16(17)20(25)26-2/h4-13H,3H2,1-2H3,(H2,21,22,23,24). The Morgan fingerprint density at radius 3 is 2.41 bits per heavy atom. The van der Waals surface area contributed by atoms with Gasteiger partial charge < -0.3 is 20.1 Å². The molecule has 0 bridgehead atoms. The molecule has 0 aliphatic carbocycles. The summed E-state index contributed by atoms with van der Waals surface area (Å²) in [4.78, 5) is 20.3. The van der Waals surface area contributed by atoms with Gasteiger partial charge in [0.15, 0.2) is 0 Å². The van der Waals surface area contributed by atoms with Crippen molar-refractivity contribution < 1.29 is 14.3 Å². The van der Waals surface area contributed by atoms with Crippen molar-refractivity contribution in [2.24, 2.45) is 0 Å². The molecule has 27 heavy (non-hydrogen) atoms. The second kappa shape index (κ2) is 8.66. The van der Waals surface area contributed by atoms with Crippen LogP contribution in [0, 0.1) is 0 Å². The van der Waals surface area contributed by atoms with Gasteiger partial charge in [-0.15, -0.1) is 0 Å². The summed E-state index contributed by atoms with van der Waals surface area (Å²) in [5.41, 5.74) is 1.91. The molecule has 0 saturated heterocycles. The van der Waals surface area contributed by atoms with Crippen molar-refractivity contribution in [1.29, 1.82) is 0 Å². The zero-order valence-electron chi connectivity index (χ0n) is 15.1. The molecule has 0 saturated carbocycles. The fourth-order valence-corrected chi connectivity index (χ4v) is 2.46. The van der Waals surface area contributed by atoms with Gasteiger partial charge in [-0.05, 0) is 43.3 Å².